The van der Waals surface area contributed by atoms with Crippen LogP contribution in [0.15, 0.2) is 91.0 Å². The molecule has 1 atom stereocenters. The first-order valence-corrected chi connectivity index (χ1v) is 11.8. The molecule has 0 saturated heterocycles. The van der Waals surface area contributed by atoms with Crippen molar-refractivity contribution in [2.75, 3.05) is 20.8 Å². The number of amides is 2. The second-order valence-corrected chi connectivity index (χ2v) is 9.31. The number of likely N-dealkylation sites (N-methyl/N-ethyl adjacent to an activating group) is 1. The molecule has 0 bridgehead atoms. The van der Waals surface area contributed by atoms with Gasteiger partial charge >= 0.3 is 6.09 Å². The number of alkyl carbamates (subject to hydrolysis) is 1. The second-order valence-electron chi connectivity index (χ2n) is 9.31. The van der Waals surface area contributed by atoms with Crippen LogP contribution in [0.4, 0.5) is 4.79 Å². The van der Waals surface area contributed by atoms with Crippen molar-refractivity contribution in [3.63, 3.8) is 0 Å². The Labute approximate surface area is 212 Å². The maximum atomic E-state index is 13.2. The van der Waals surface area contributed by atoms with Crippen molar-refractivity contribution in [1.82, 2.24) is 10.4 Å². The number of carbonyl (C=O) groups is 2. The Morgan fingerprint density at radius 1 is 0.806 bits per heavy atom. The zero-order chi connectivity index (χ0) is 26.2. The maximum absolute atomic E-state index is 13.2. The third-order valence-corrected chi connectivity index (χ3v) is 5.58. The van der Waals surface area contributed by atoms with E-state index >= 15 is 0 Å². The number of hydroxylamine groups is 2. The molecule has 1 unspecified atom stereocenters. The van der Waals surface area contributed by atoms with E-state index in [1.54, 1.807) is 20.8 Å². The van der Waals surface area contributed by atoms with Crippen molar-refractivity contribution >= 4 is 12.0 Å². The van der Waals surface area contributed by atoms with Crippen LogP contribution in [0.25, 0.3) is 0 Å². The largest absolute Gasteiger partial charge is 0.444 e. The standard InChI is InChI=1S/C29H34N2O5/c1-28(2,3)36-27(33)30-25(26(32)31(4)34-5)21-35-29(22-15-9-6-10-16-22,23-17-11-7-12-18-23)24-19-13-8-14-20-24/h6-20,25H,21H2,1-5H3,(H,30,33). The molecular formula is C29H34N2O5. The number of hydrogen-bond acceptors (Lipinski definition) is 5. The van der Waals surface area contributed by atoms with Gasteiger partial charge in [-0.25, -0.2) is 9.86 Å². The zero-order valence-electron chi connectivity index (χ0n) is 21.4. The first kappa shape index (κ1) is 26.9. The lowest BCUT2D eigenvalue weighted by molar-refractivity contribution is -0.173. The van der Waals surface area contributed by atoms with Gasteiger partial charge < -0.3 is 14.8 Å². The van der Waals surface area contributed by atoms with Crippen LogP contribution in [0.3, 0.4) is 0 Å². The predicted molar refractivity (Wildman–Crippen MR) is 138 cm³/mol. The lowest BCUT2D eigenvalue weighted by Gasteiger charge is -2.37. The molecule has 7 nitrogen and oxygen atoms in total. The van der Waals surface area contributed by atoms with Crippen LogP contribution < -0.4 is 5.32 Å². The van der Waals surface area contributed by atoms with Gasteiger partial charge in [0.2, 0.25) is 0 Å². The highest BCUT2D eigenvalue weighted by Crippen LogP contribution is 2.40. The van der Waals surface area contributed by atoms with Gasteiger partial charge in [0, 0.05) is 7.05 Å². The van der Waals surface area contributed by atoms with E-state index in [0.717, 1.165) is 21.8 Å². The third kappa shape index (κ3) is 6.50. The highest BCUT2D eigenvalue weighted by atomic mass is 16.7. The molecule has 3 rings (SSSR count). The van der Waals surface area contributed by atoms with Crippen LogP contribution in [0.5, 0.6) is 0 Å². The fourth-order valence-electron chi connectivity index (χ4n) is 3.91. The molecule has 7 heteroatoms. The van der Waals surface area contributed by atoms with Crippen LogP contribution in [0, 0.1) is 0 Å². The molecule has 3 aromatic carbocycles. The molecule has 0 saturated carbocycles. The number of benzene rings is 3. The summed E-state index contributed by atoms with van der Waals surface area (Å²) in [6, 6.07) is 28.3. The minimum atomic E-state index is -1.07. The van der Waals surface area contributed by atoms with Gasteiger partial charge in [-0.1, -0.05) is 91.0 Å². The summed E-state index contributed by atoms with van der Waals surface area (Å²) in [6.07, 6.45) is -0.723. The molecule has 2 amide bonds. The zero-order valence-corrected chi connectivity index (χ0v) is 21.4. The monoisotopic (exact) mass is 490 g/mol. The van der Waals surface area contributed by atoms with E-state index in [2.05, 4.69) is 5.32 Å². The average Bonchev–Trinajstić information content (AvgIpc) is 2.88. The number of ether oxygens (including phenoxy) is 2. The Bertz CT molecular complexity index is 1020. The summed E-state index contributed by atoms with van der Waals surface area (Å²) in [4.78, 5) is 30.9. The van der Waals surface area contributed by atoms with Gasteiger partial charge in [-0.2, -0.15) is 0 Å². The number of nitrogens with one attached hydrogen (secondary N) is 1. The summed E-state index contributed by atoms with van der Waals surface area (Å²) >= 11 is 0. The second kappa shape index (κ2) is 11.8. The molecule has 0 radical (unpaired) electrons. The summed E-state index contributed by atoms with van der Waals surface area (Å²) in [5, 5.41) is 3.71. The molecule has 0 aromatic heterocycles. The van der Waals surface area contributed by atoms with Gasteiger partial charge in [-0.15, -0.1) is 0 Å². The van der Waals surface area contributed by atoms with Crippen molar-refractivity contribution in [1.29, 1.82) is 0 Å². The van der Waals surface area contributed by atoms with Gasteiger partial charge in [-0.3, -0.25) is 9.63 Å². The fourth-order valence-corrected chi connectivity index (χ4v) is 3.91. The molecule has 0 aliphatic heterocycles. The molecule has 0 fully saturated rings. The normalized spacial score (nSPS) is 12.5. The summed E-state index contributed by atoms with van der Waals surface area (Å²) in [5.41, 5.74) is 0.861. The van der Waals surface area contributed by atoms with Gasteiger partial charge in [0.25, 0.3) is 5.91 Å². The minimum absolute atomic E-state index is 0.148. The fraction of sp³-hybridized carbons (Fsp3) is 0.310. The summed E-state index contributed by atoms with van der Waals surface area (Å²) in [5.74, 6) is -0.480. The van der Waals surface area contributed by atoms with Crippen molar-refractivity contribution in [2.24, 2.45) is 0 Å². The molecule has 0 spiro atoms. The highest BCUT2D eigenvalue weighted by Gasteiger charge is 2.39. The lowest BCUT2D eigenvalue weighted by atomic mass is 9.80. The predicted octanol–water partition coefficient (Wildman–Crippen LogP) is 4.91. The summed E-state index contributed by atoms with van der Waals surface area (Å²) < 4.78 is 12.1. The Hall–Kier alpha value is -3.68. The number of carbonyl (C=O) groups excluding carboxylic acids is 2. The van der Waals surface area contributed by atoms with Crippen LogP contribution in [0.2, 0.25) is 0 Å². The van der Waals surface area contributed by atoms with Crippen molar-refractivity contribution in [3.8, 4) is 0 Å². The molecule has 0 aliphatic rings. The molecular weight excluding hydrogens is 456 g/mol. The van der Waals surface area contributed by atoms with Crippen molar-refractivity contribution in [3.05, 3.63) is 108 Å². The Balaban J connectivity index is 2.07. The quantitative estimate of drug-likeness (QED) is 0.341. The molecule has 1 N–H and O–H groups in total. The topological polar surface area (TPSA) is 77.1 Å². The molecule has 0 aliphatic carbocycles. The summed E-state index contributed by atoms with van der Waals surface area (Å²) in [6.45, 7) is 5.12. The van der Waals surface area contributed by atoms with Crippen LogP contribution in [-0.4, -0.2) is 49.5 Å². The van der Waals surface area contributed by atoms with E-state index in [4.69, 9.17) is 14.3 Å². The van der Waals surface area contributed by atoms with Gasteiger partial charge in [0.1, 0.15) is 17.2 Å². The van der Waals surface area contributed by atoms with E-state index in [9.17, 15) is 9.59 Å². The van der Waals surface area contributed by atoms with Crippen molar-refractivity contribution in [2.45, 2.75) is 38.0 Å². The summed E-state index contributed by atoms with van der Waals surface area (Å²) in [7, 11) is 2.86. The molecule has 190 valence electrons. The highest BCUT2D eigenvalue weighted by molar-refractivity contribution is 5.85. The van der Waals surface area contributed by atoms with E-state index in [-0.39, 0.29) is 6.61 Å². The van der Waals surface area contributed by atoms with E-state index in [1.165, 1.54) is 14.2 Å². The third-order valence-electron chi connectivity index (χ3n) is 5.58. The Kier molecular flexibility index (Phi) is 8.85. The minimum Gasteiger partial charge on any atom is -0.444 e. The first-order valence-electron chi connectivity index (χ1n) is 11.8. The van der Waals surface area contributed by atoms with Crippen LogP contribution >= 0.6 is 0 Å². The van der Waals surface area contributed by atoms with Gasteiger partial charge in [0.05, 0.1) is 13.7 Å². The average molecular weight is 491 g/mol. The molecule has 3 aromatic rings. The number of nitrogens with zero attached hydrogens (tertiary/aromatic N) is 1. The number of rotatable bonds is 9. The SMILES string of the molecule is CON(C)C(=O)C(COC(c1ccccc1)(c1ccccc1)c1ccccc1)NC(=O)OC(C)(C)C. The Morgan fingerprint density at radius 2 is 1.22 bits per heavy atom. The maximum Gasteiger partial charge on any atom is 0.408 e. The van der Waals surface area contributed by atoms with Gasteiger partial charge in [-0.05, 0) is 37.5 Å². The number of hydrogen-bond donors (Lipinski definition) is 1. The molecule has 0 heterocycles. The van der Waals surface area contributed by atoms with E-state index < -0.39 is 29.2 Å². The van der Waals surface area contributed by atoms with Gasteiger partial charge in [0.15, 0.2) is 0 Å². The molecule has 36 heavy (non-hydrogen) atoms. The van der Waals surface area contributed by atoms with E-state index in [1.807, 2.05) is 91.0 Å². The van der Waals surface area contributed by atoms with E-state index in [0.29, 0.717) is 0 Å². The van der Waals surface area contributed by atoms with Crippen LogP contribution in [0.1, 0.15) is 37.5 Å². The van der Waals surface area contributed by atoms with Crippen molar-refractivity contribution < 1.29 is 23.9 Å². The first-order chi connectivity index (χ1) is 17.2. The lowest BCUT2D eigenvalue weighted by Crippen LogP contribution is -2.52. The van der Waals surface area contributed by atoms with Crippen LogP contribution in [-0.2, 0) is 24.7 Å². The Morgan fingerprint density at radius 3 is 1.58 bits per heavy atom. The smallest absolute Gasteiger partial charge is 0.408 e.